The number of pyridine rings is 2. The molecule has 0 saturated carbocycles. The molecule has 0 bridgehead atoms. The van der Waals surface area contributed by atoms with Crippen molar-refractivity contribution >= 4 is 17.6 Å². The maximum absolute atomic E-state index is 12.4. The van der Waals surface area contributed by atoms with E-state index in [0.717, 1.165) is 25.9 Å². The zero-order valence-corrected chi connectivity index (χ0v) is 13.2. The lowest BCUT2D eigenvalue weighted by atomic mass is 10.1. The van der Waals surface area contributed by atoms with Gasteiger partial charge in [-0.1, -0.05) is 0 Å². The minimum Gasteiger partial charge on any atom is -0.356 e. The van der Waals surface area contributed by atoms with Crippen LogP contribution in [0.15, 0.2) is 42.9 Å². The smallest absolute Gasteiger partial charge is 0.273 e. The first kappa shape index (κ1) is 15.9. The number of anilines is 1. The molecule has 2 amide bonds. The first-order chi connectivity index (χ1) is 11.8. The molecule has 1 aliphatic rings. The molecule has 1 fully saturated rings. The fraction of sp³-hybridized carbons (Fsp3) is 0.294. The van der Waals surface area contributed by atoms with Crippen molar-refractivity contribution < 1.29 is 9.59 Å². The van der Waals surface area contributed by atoms with Crippen LogP contribution in [-0.4, -0.2) is 34.9 Å². The molecular formula is C17H19N5O2. The second-order valence-electron chi connectivity index (χ2n) is 5.57. The molecule has 0 aliphatic carbocycles. The molecule has 0 aromatic carbocycles. The molecule has 3 rings (SSSR count). The lowest BCUT2D eigenvalue weighted by molar-refractivity contribution is 0.0846. The summed E-state index contributed by atoms with van der Waals surface area (Å²) in [7, 11) is 0. The van der Waals surface area contributed by atoms with E-state index in [1.807, 2.05) is 0 Å². The summed E-state index contributed by atoms with van der Waals surface area (Å²) in [5.41, 5.74) is 5.74. The molecule has 0 spiro atoms. The Hall–Kier alpha value is -2.96. The summed E-state index contributed by atoms with van der Waals surface area (Å²) in [4.78, 5) is 34.7. The van der Waals surface area contributed by atoms with Crippen LogP contribution < -0.4 is 15.8 Å². The third-order valence-corrected chi connectivity index (χ3v) is 3.92. The van der Waals surface area contributed by atoms with E-state index in [-0.39, 0.29) is 5.91 Å². The summed E-state index contributed by atoms with van der Waals surface area (Å²) in [6.45, 7) is 1.78. The van der Waals surface area contributed by atoms with Gasteiger partial charge < -0.3 is 4.90 Å². The van der Waals surface area contributed by atoms with Crippen LogP contribution >= 0.6 is 0 Å². The van der Waals surface area contributed by atoms with Gasteiger partial charge in [0.2, 0.25) is 0 Å². The molecule has 7 nitrogen and oxygen atoms in total. The second-order valence-corrected chi connectivity index (χ2v) is 5.57. The topological polar surface area (TPSA) is 87.2 Å². The van der Waals surface area contributed by atoms with Gasteiger partial charge in [-0.15, -0.1) is 0 Å². The monoisotopic (exact) mass is 325 g/mol. The van der Waals surface area contributed by atoms with E-state index in [2.05, 4.69) is 25.7 Å². The summed E-state index contributed by atoms with van der Waals surface area (Å²) in [6, 6.07) is 6.58. The van der Waals surface area contributed by atoms with Gasteiger partial charge in [-0.05, 0) is 43.5 Å². The third kappa shape index (κ3) is 3.68. The number of amides is 2. The van der Waals surface area contributed by atoms with Crippen LogP contribution in [0.25, 0.3) is 0 Å². The Labute approximate surface area is 140 Å². The first-order valence-electron chi connectivity index (χ1n) is 7.96. The molecule has 7 heteroatoms. The maximum Gasteiger partial charge on any atom is 0.273 e. The predicted molar refractivity (Wildman–Crippen MR) is 89.5 cm³/mol. The molecular weight excluding hydrogens is 306 g/mol. The molecule has 3 heterocycles. The zero-order valence-electron chi connectivity index (χ0n) is 13.2. The minimum absolute atomic E-state index is 0.383. The van der Waals surface area contributed by atoms with Crippen molar-refractivity contribution in [2.45, 2.75) is 19.3 Å². The van der Waals surface area contributed by atoms with Crippen molar-refractivity contribution in [3.05, 3.63) is 54.0 Å². The van der Waals surface area contributed by atoms with E-state index in [9.17, 15) is 9.59 Å². The third-order valence-electron chi connectivity index (χ3n) is 3.92. The number of nitrogens with zero attached hydrogens (tertiary/aromatic N) is 3. The number of nitrogens with one attached hydrogen (secondary N) is 2. The Bertz CT molecular complexity index is 714. The molecule has 0 radical (unpaired) electrons. The Morgan fingerprint density at radius 2 is 1.62 bits per heavy atom. The molecule has 0 atom stereocenters. The van der Waals surface area contributed by atoms with Crippen LogP contribution in [-0.2, 0) is 0 Å². The van der Waals surface area contributed by atoms with Gasteiger partial charge in [0.1, 0.15) is 5.82 Å². The number of aromatic nitrogens is 2. The lowest BCUT2D eigenvalue weighted by Crippen LogP contribution is -2.42. The summed E-state index contributed by atoms with van der Waals surface area (Å²) >= 11 is 0. The van der Waals surface area contributed by atoms with Gasteiger partial charge >= 0.3 is 0 Å². The van der Waals surface area contributed by atoms with Gasteiger partial charge in [-0.2, -0.15) is 0 Å². The summed E-state index contributed by atoms with van der Waals surface area (Å²) in [5, 5.41) is 0. The lowest BCUT2D eigenvalue weighted by Gasteiger charge is -2.29. The number of hydrogen-bond donors (Lipinski definition) is 2. The molecule has 0 unspecified atom stereocenters. The number of hydrogen-bond acceptors (Lipinski definition) is 5. The van der Waals surface area contributed by atoms with Crippen LogP contribution in [0.4, 0.5) is 5.82 Å². The largest absolute Gasteiger partial charge is 0.356 e. The molecule has 2 aromatic heterocycles. The van der Waals surface area contributed by atoms with E-state index < -0.39 is 5.91 Å². The number of carbonyl (C=O) groups is 2. The van der Waals surface area contributed by atoms with Crippen LogP contribution in [0.5, 0.6) is 0 Å². The quantitative estimate of drug-likeness (QED) is 0.836. The maximum atomic E-state index is 12.4. The highest BCUT2D eigenvalue weighted by Crippen LogP contribution is 2.21. The highest BCUT2D eigenvalue weighted by Gasteiger charge is 2.20. The SMILES string of the molecule is O=C(NNC(=O)c1cccnc1N1CCCCC1)c1ccncc1. The van der Waals surface area contributed by atoms with E-state index in [1.165, 1.54) is 18.8 Å². The fourth-order valence-electron chi connectivity index (χ4n) is 2.69. The normalized spacial score (nSPS) is 14.1. The molecule has 2 N–H and O–H groups in total. The highest BCUT2D eigenvalue weighted by atomic mass is 16.2. The Kier molecular flexibility index (Phi) is 5.00. The fourth-order valence-corrected chi connectivity index (χ4v) is 2.69. The first-order valence-corrected chi connectivity index (χ1v) is 7.96. The van der Waals surface area contributed by atoms with Gasteiger partial charge in [0.25, 0.3) is 11.8 Å². The zero-order chi connectivity index (χ0) is 16.8. The number of hydrazine groups is 1. The summed E-state index contributed by atoms with van der Waals surface area (Å²) < 4.78 is 0. The van der Waals surface area contributed by atoms with Crippen LogP contribution in [0.3, 0.4) is 0 Å². The van der Waals surface area contributed by atoms with Gasteiger partial charge in [-0.25, -0.2) is 4.98 Å². The van der Waals surface area contributed by atoms with Crippen LogP contribution in [0.1, 0.15) is 40.0 Å². The summed E-state index contributed by atoms with van der Waals surface area (Å²) in [5.74, 6) is -0.117. The van der Waals surface area contributed by atoms with Crippen LogP contribution in [0.2, 0.25) is 0 Å². The Morgan fingerprint density at radius 1 is 0.917 bits per heavy atom. The average molecular weight is 325 g/mol. The molecule has 124 valence electrons. The van der Waals surface area contributed by atoms with Crippen molar-refractivity contribution in [3.8, 4) is 0 Å². The van der Waals surface area contributed by atoms with Crippen molar-refractivity contribution in [3.63, 3.8) is 0 Å². The number of carbonyl (C=O) groups excluding carboxylic acids is 2. The van der Waals surface area contributed by atoms with E-state index in [1.54, 1.807) is 30.5 Å². The van der Waals surface area contributed by atoms with Gasteiger partial charge in [0, 0.05) is 37.2 Å². The Balaban J connectivity index is 1.68. The van der Waals surface area contributed by atoms with E-state index in [0.29, 0.717) is 16.9 Å². The number of piperidine rings is 1. The van der Waals surface area contributed by atoms with Gasteiger partial charge in [0.15, 0.2) is 0 Å². The van der Waals surface area contributed by atoms with Crippen molar-refractivity contribution in [1.29, 1.82) is 0 Å². The molecule has 1 aliphatic heterocycles. The van der Waals surface area contributed by atoms with Gasteiger partial charge in [0.05, 0.1) is 5.56 Å². The molecule has 24 heavy (non-hydrogen) atoms. The van der Waals surface area contributed by atoms with Crippen molar-refractivity contribution in [1.82, 2.24) is 20.8 Å². The minimum atomic E-state index is -0.394. The summed E-state index contributed by atoms with van der Waals surface area (Å²) in [6.07, 6.45) is 8.11. The standard InChI is InChI=1S/C17H19N5O2/c23-16(13-6-9-18-10-7-13)20-21-17(24)14-5-4-8-19-15(14)22-11-2-1-3-12-22/h4-10H,1-3,11-12H2,(H,20,23)(H,21,24). The number of rotatable bonds is 3. The van der Waals surface area contributed by atoms with Crippen LogP contribution in [0, 0.1) is 0 Å². The van der Waals surface area contributed by atoms with E-state index in [4.69, 9.17) is 0 Å². The van der Waals surface area contributed by atoms with E-state index >= 15 is 0 Å². The predicted octanol–water partition coefficient (Wildman–Crippen LogP) is 1.54. The highest BCUT2D eigenvalue weighted by molar-refractivity contribution is 6.01. The second kappa shape index (κ2) is 7.54. The molecule has 1 saturated heterocycles. The van der Waals surface area contributed by atoms with Crippen molar-refractivity contribution in [2.75, 3.05) is 18.0 Å². The average Bonchev–Trinajstić information content (AvgIpc) is 2.67. The Morgan fingerprint density at radius 3 is 2.38 bits per heavy atom. The molecule has 2 aromatic rings. The van der Waals surface area contributed by atoms with Gasteiger partial charge in [-0.3, -0.25) is 25.4 Å². The van der Waals surface area contributed by atoms with Crippen molar-refractivity contribution in [2.24, 2.45) is 0 Å².